The van der Waals surface area contributed by atoms with Crippen LogP contribution in [0.3, 0.4) is 0 Å². The smallest absolute Gasteiger partial charge is 0.431 e. The van der Waals surface area contributed by atoms with Gasteiger partial charge in [-0.15, -0.1) is 0 Å². The van der Waals surface area contributed by atoms with E-state index in [1.807, 2.05) is 37.3 Å². The number of hydrogen-bond acceptors (Lipinski definition) is 5. The number of carbonyl (C=O) groups excluding carboxylic acids is 1. The van der Waals surface area contributed by atoms with Gasteiger partial charge in [-0.3, -0.25) is 0 Å². The Morgan fingerprint density at radius 1 is 1.05 bits per heavy atom. The average molecular weight is 296 g/mol. The summed E-state index contributed by atoms with van der Waals surface area (Å²) in [5.41, 5.74) is 1.19. The highest BCUT2D eigenvalue weighted by atomic mass is 16.7. The molecular formula is C16H24O5. The van der Waals surface area contributed by atoms with Gasteiger partial charge in [0.05, 0.1) is 13.2 Å². The first-order chi connectivity index (χ1) is 10.2. The fraction of sp³-hybridized carbons (Fsp3) is 0.562. The number of benzene rings is 1. The van der Waals surface area contributed by atoms with E-state index in [1.54, 1.807) is 0 Å². The molecule has 21 heavy (non-hydrogen) atoms. The summed E-state index contributed by atoms with van der Waals surface area (Å²) in [7, 11) is 0. The Balaban J connectivity index is 2.43. The fourth-order valence-corrected chi connectivity index (χ4v) is 1.99. The number of rotatable bonds is 9. The number of ether oxygens (including phenoxy) is 2. The van der Waals surface area contributed by atoms with E-state index in [9.17, 15) is 4.79 Å². The second-order valence-electron chi connectivity index (χ2n) is 4.91. The molecule has 0 saturated heterocycles. The average Bonchev–Trinajstić information content (AvgIpc) is 2.51. The zero-order valence-electron chi connectivity index (χ0n) is 12.4. The van der Waals surface area contributed by atoms with Gasteiger partial charge in [0.25, 0.3) is 0 Å². The van der Waals surface area contributed by atoms with E-state index in [0.717, 1.165) is 25.7 Å². The van der Waals surface area contributed by atoms with Crippen LogP contribution < -0.4 is 0 Å². The predicted molar refractivity (Wildman–Crippen MR) is 79.0 cm³/mol. The Labute approximate surface area is 125 Å². The van der Waals surface area contributed by atoms with E-state index in [0.29, 0.717) is 0 Å². The van der Waals surface area contributed by atoms with Gasteiger partial charge in [0.2, 0.25) is 0 Å². The molecule has 0 spiro atoms. The lowest BCUT2D eigenvalue weighted by atomic mass is 10.0. The van der Waals surface area contributed by atoms with Crippen molar-refractivity contribution in [3.63, 3.8) is 0 Å². The Morgan fingerprint density at radius 2 is 1.67 bits per heavy atom. The van der Waals surface area contributed by atoms with Crippen LogP contribution in [0.1, 0.15) is 31.7 Å². The van der Waals surface area contributed by atoms with Crippen molar-refractivity contribution in [3.8, 4) is 0 Å². The molecule has 0 aliphatic heterocycles. The van der Waals surface area contributed by atoms with Crippen molar-refractivity contribution >= 4 is 6.16 Å². The summed E-state index contributed by atoms with van der Waals surface area (Å²) in [6.45, 7) is 1.18. The Hall–Kier alpha value is -1.59. The summed E-state index contributed by atoms with van der Waals surface area (Å²) >= 11 is 0. The molecule has 0 aliphatic rings. The molecule has 1 atom stereocenters. The van der Waals surface area contributed by atoms with Crippen LogP contribution in [0.2, 0.25) is 0 Å². The van der Waals surface area contributed by atoms with Gasteiger partial charge in [0.1, 0.15) is 6.10 Å². The highest BCUT2D eigenvalue weighted by Crippen LogP contribution is 2.13. The SMILES string of the molecule is CCCC(CCc1ccccc1)OC(=O)OC(CO)CO. The van der Waals surface area contributed by atoms with Crippen molar-refractivity contribution < 1.29 is 24.5 Å². The van der Waals surface area contributed by atoms with E-state index in [1.165, 1.54) is 5.56 Å². The largest absolute Gasteiger partial charge is 0.508 e. The normalized spacial score (nSPS) is 12.2. The molecule has 0 saturated carbocycles. The maximum atomic E-state index is 11.6. The van der Waals surface area contributed by atoms with E-state index in [2.05, 4.69) is 0 Å². The summed E-state index contributed by atoms with van der Waals surface area (Å²) < 4.78 is 10.1. The maximum absolute atomic E-state index is 11.6. The zero-order chi connectivity index (χ0) is 15.5. The van der Waals surface area contributed by atoms with Crippen molar-refractivity contribution in [1.29, 1.82) is 0 Å². The van der Waals surface area contributed by atoms with Gasteiger partial charge in [-0.1, -0.05) is 43.7 Å². The van der Waals surface area contributed by atoms with Gasteiger partial charge in [-0.2, -0.15) is 0 Å². The van der Waals surface area contributed by atoms with Gasteiger partial charge in [-0.25, -0.2) is 4.79 Å². The molecular weight excluding hydrogens is 272 g/mol. The fourth-order valence-electron chi connectivity index (χ4n) is 1.99. The van der Waals surface area contributed by atoms with Gasteiger partial charge < -0.3 is 19.7 Å². The maximum Gasteiger partial charge on any atom is 0.508 e. The number of hydrogen-bond donors (Lipinski definition) is 2. The molecule has 1 aromatic rings. The van der Waals surface area contributed by atoms with E-state index in [4.69, 9.17) is 19.7 Å². The van der Waals surface area contributed by atoms with Gasteiger partial charge in [0.15, 0.2) is 6.10 Å². The molecule has 0 fully saturated rings. The topological polar surface area (TPSA) is 76.0 Å². The van der Waals surface area contributed by atoms with E-state index in [-0.39, 0.29) is 6.10 Å². The summed E-state index contributed by atoms with van der Waals surface area (Å²) in [5, 5.41) is 17.7. The molecule has 0 aromatic heterocycles. The van der Waals surface area contributed by atoms with Crippen LogP contribution in [-0.2, 0) is 15.9 Å². The molecule has 1 unspecified atom stereocenters. The number of aliphatic hydroxyl groups excluding tert-OH is 2. The molecule has 0 bridgehead atoms. The lowest BCUT2D eigenvalue weighted by molar-refractivity contribution is -0.0362. The highest BCUT2D eigenvalue weighted by Gasteiger charge is 2.18. The Morgan fingerprint density at radius 3 is 2.24 bits per heavy atom. The minimum Gasteiger partial charge on any atom is -0.431 e. The number of carbonyl (C=O) groups is 1. The minimum atomic E-state index is -0.922. The third kappa shape index (κ3) is 7.11. The Bertz CT molecular complexity index is 389. The van der Waals surface area contributed by atoms with Gasteiger partial charge in [-0.05, 0) is 24.8 Å². The summed E-state index contributed by atoms with van der Waals surface area (Å²) in [6.07, 6.45) is 1.21. The molecule has 0 amide bonds. The zero-order valence-corrected chi connectivity index (χ0v) is 12.4. The monoisotopic (exact) mass is 296 g/mol. The van der Waals surface area contributed by atoms with E-state index >= 15 is 0 Å². The quantitative estimate of drug-likeness (QED) is 0.684. The third-order valence-corrected chi connectivity index (χ3v) is 3.14. The molecule has 0 aliphatic carbocycles. The molecule has 0 heterocycles. The van der Waals surface area contributed by atoms with Crippen LogP contribution in [-0.4, -0.2) is 41.8 Å². The second kappa shape index (κ2) is 10.2. The molecule has 118 valence electrons. The standard InChI is InChI=1S/C16H24O5/c1-2-6-14(10-9-13-7-4-3-5-8-13)20-16(19)21-15(11-17)12-18/h3-5,7-8,14-15,17-18H,2,6,9-12H2,1H3. The van der Waals surface area contributed by atoms with Crippen molar-refractivity contribution in [2.24, 2.45) is 0 Å². The van der Waals surface area contributed by atoms with Gasteiger partial charge in [0, 0.05) is 0 Å². The first-order valence-electron chi connectivity index (χ1n) is 7.32. The van der Waals surface area contributed by atoms with Crippen LogP contribution in [0, 0.1) is 0 Å². The van der Waals surface area contributed by atoms with Crippen molar-refractivity contribution in [2.45, 2.75) is 44.8 Å². The summed E-state index contributed by atoms with van der Waals surface area (Å²) in [6, 6.07) is 9.99. The first-order valence-corrected chi connectivity index (χ1v) is 7.32. The van der Waals surface area contributed by atoms with Crippen molar-refractivity contribution in [2.75, 3.05) is 13.2 Å². The molecule has 5 nitrogen and oxygen atoms in total. The molecule has 2 N–H and O–H groups in total. The lowest BCUT2D eigenvalue weighted by Gasteiger charge is -2.19. The predicted octanol–water partition coefficient (Wildman–Crippen LogP) is 2.29. The number of aliphatic hydroxyl groups is 2. The number of aryl methyl sites for hydroxylation is 1. The third-order valence-electron chi connectivity index (χ3n) is 3.14. The summed E-state index contributed by atoms with van der Waals surface area (Å²) in [4.78, 5) is 11.6. The highest BCUT2D eigenvalue weighted by molar-refractivity contribution is 5.60. The molecule has 1 rings (SSSR count). The second-order valence-corrected chi connectivity index (χ2v) is 4.91. The minimum absolute atomic E-state index is 0.222. The van der Waals surface area contributed by atoms with Crippen LogP contribution in [0.5, 0.6) is 0 Å². The summed E-state index contributed by atoms with van der Waals surface area (Å²) in [5.74, 6) is 0. The molecule has 1 aromatic carbocycles. The van der Waals surface area contributed by atoms with Crippen LogP contribution in [0.4, 0.5) is 4.79 Å². The first kappa shape index (κ1) is 17.5. The molecule has 0 radical (unpaired) electrons. The van der Waals surface area contributed by atoms with Crippen LogP contribution >= 0.6 is 0 Å². The van der Waals surface area contributed by atoms with E-state index < -0.39 is 25.5 Å². The van der Waals surface area contributed by atoms with Gasteiger partial charge >= 0.3 is 6.16 Å². The van der Waals surface area contributed by atoms with Crippen LogP contribution in [0.25, 0.3) is 0 Å². The van der Waals surface area contributed by atoms with Crippen molar-refractivity contribution in [3.05, 3.63) is 35.9 Å². The van der Waals surface area contributed by atoms with Crippen molar-refractivity contribution in [1.82, 2.24) is 0 Å². The van der Waals surface area contributed by atoms with Crippen LogP contribution in [0.15, 0.2) is 30.3 Å². The Kier molecular flexibility index (Phi) is 8.47. The molecule has 5 heteroatoms. The lowest BCUT2D eigenvalue weighted by Crippen LogP contribution is -2.28.